The summed E-state index contributed by atoms with van der Waals surface area (Å²) in [5.41, 5.74) is 2.44. The summed E-state index contributed by atoms with van der Waals surface area (Å²) in [5, 5.41) is 5.24. The van der Waals surface area contributed by atoms with Crippen LogP contribution in [0, 0.1) is 0 Å². The molecule has 28 heavy (non-hydrogen) atoms. The van der Waals surface area contributed by atoms with Crippen LogP contribution < -0.4 is 5.32 Å². The van der Waals surface area contributed by atoms with Crippen molar-refractivity contribution in [1.82, 2.24) is 10.3 Å². The van der Waals surface area contributed by atoms with Gasteiger partial charge >= 0.3 is 0 Å². The van der Waals surface area contributed by atoms with Gasteiger partial charge in [0, 0.05) is 16.8 Å². The van der Waals surface area contributed by atoms with Gasteiger partial charge in [-0.05, 0) is 29.8 Å². The molecule has 0 fully saturated rings. The van der Waals surface area contributed by atoms with E-state index in [4.69, 9.17) is 16.6 Å². The average molecular weight is 405 g/mol. The number of nitrogens with zero attached hydrogens (tertiary/aromatic N) is 1. The number of carbonyl (C=O) groups is 1. The Bertz CT molecular complexity index is 1130. The van der Waals surface area contributed by atoms with Crippen LogP contribution in [0.4, 0.5) is 0 Å². The van der Waals surface area contributed by atoms with Gasteiger partial charge in [0.2, 0.25) is 0 Å². The molecule has 1 aromatic heterocycles. The van der Waals surface area contributed by atoms with E-state index in [9.17, 15) is 4.79 Å². The number of hydrogen-bond donors (Lipinski definition) is 1. The summed E-state index contributed by atoms with van der Waals surface area (Å²) in [4.78, 5) is 18.5. The van der Waals surface area contributed by atoms with Gasteiger partial charge in [0.15, 0.2) is 0 Å². The molecule has 4 rings (SSSR count). The summed E-state index contributed by atoms with van der Waals surface area (Å²) in [6.45, 7) is 0.476. The molecular formula is C23H17ClN2OS. The number of para-hydroxylation sites is 1. The molecule has 0 atom stereocenters. The molecule has 0 aliphatic heterocycles. The predicted molar refractivity (Wildman–Crippen MR) is 115 cm³/mol. The van der Waals surface area contributed by atoms with Crippen LogP contribution in [-0.4, -0.2) is 10.9 Å². The van der Waals surface area contributed by atoms with Crippen LogP contribution in [0.3, 0.4) is 0 Å². The summed E-state index contributed by atoms with van der Waals surface area (Å²) in [6.07, 6.45) is 0. The highest BCUT2D eigenvalue weighted by atomic mass is 35.5. The molecule has 0 aliphatic carbocycles. The van der Waals surface area contributed by atoms with E-state index in [-0.39, 0.29) is 5.91 Å². The van der Waals surface area contributed by atoms with Crippen LogP contribution in [-0.2, 0) is 6.54 Å². The second-order valence-corrected chi connectivity index (χ2v) is 7.70. The van der Waals surface area contributed by atoms with Crippen LogP contribution in [0.1, 0.15) is 15.9 Å². The number of halogens is 1. The SMILES string of the molecule is O=C(NCc1ccccc1)c1cc(Sc2ccccc2Cl)nc2ccccc12. The Kier molecular flexibility index (Phi) is 5.60. The Labute approximate surface area is 172 Å². The average Bonchev–Trinajstić information content (AvgIpc) is 2.74. The molecule has 138 valence electrons. The van der Waals surface area contributed by atoms with Crippen LogP contribution >= 0.6 is 23.4 Å². The summed E-state index contributed by atoms with van der Waals surface area (Å²) in [5.74, 6) is -0.122. The zero-order valence-corrected chi connectivity index (χ0v) is 16.5. The molecule has 5 heteroatoms. The number of amides is 1. The summed E-state index contributed by atoms with van der Waals surface area (Å²) >= 11 is 7.74. The fourth-order valence-corrected chi connectivity index (χ4v) is 4.01. The third-order valence-corrected chi connectivity index (χ3v) is 5.72. The van der Waals surface area contributed by atoms with Crippen molar-refractivity contribution in [2.45, 2.75) is 16.5 Å². The Balaban J connectivity index is 1.66. The number of benzene rings is 3. The number of carbonyl (C=O) groups excluding carboxylic acids is 1. The molecule has 3 nitrogen and oxygen atoms in total. The van der Waals surface area contributed by atoms with Crippen molar-refractivity contribution >= 4 is 40.2 Å². The normalized spacial score (nSPS) is 10.8. The van der Waals surface area contributed by atoms with Crippen LogP contribution in [0.2, 0.25) is 5.02 Å². The van der Waals surface area contributed by atoms with E-state index < -0.39 is 0 Å². The molecule has 0 bridgehead atoms. The number of hydrogen-bond acceptors (Lipinski definition) is 3. The second kappa shape index (κ2) is 8.46. The van der Waals surface area contributed by atoms with E-state index in [0.717, 1.165) is 26.4 Å². The minimum Gasteiger partial charge on any atom is -0.348 e. The summed E-state index contributed by atoms with van der Waals surface area (Å²) in [6, 6.07) is 27.0. The lowest BCUT2D eigenvalue weighted by Crippen LogP contribution is -2.23. The molecule has 1 N–H and O–H groups in total. The molecular weight excluding hydrogens is 388 g/mol. The Morgan fingerprint density at radius 2 is 1.64 bits per heavy atom. The van der Waals surface area contributed by atoms with E-state index in [1.807, 2.05) is 84.9 Å². The highest BCUT2D eigenvalue weighted by Crippen LogP contribution is 2.34. The quantitative estimate of drug-likeness (QED) is 0.445. The fourth-order valence-electron chi connectivity index (χ4n) is 2.90. The molecule has 0 spiro atoms. The van der Waals surface area contributed by atoms with Gasteiger partial charge in [0.1, 0.15) is 5.03 Å². The first-order chi connectivity index (χ1) is 13.7. The summed E-state index contributed by atoms with van der Waals surface area (Å²) < 4.78 is 0. The van der Waals surface area contributed by atoms with E-state index >= 15 is 0 Å². The molecule has 3 aromatic carbocycles. The molecule has 0 unspecified atom stereocenters. The van der Waals surface area contributed by atoms with Gasteiger partial charge in [0.05, 0.1) is 16.1 Å². The van der Waals surface area contributed by atoms with Gasteiger partial charge in [-0.3, -0.25) is 4.79 Å². The lowest BCUT2D eigenvalue weighted by molar-refractivity contribution is 0.0952. The van der Waals surface area contributed by atoms with E-state index in [1.54, 1.807) is 0 Å². The Hall–Kier alpha value is -2.82. The molecule has 0 radical (unpaired) electrons. The van der Waals surface area contributed by atoms with Crippen molar-refractivity contribution in [3.05, 3.63) is 101 Å². The molecule has 4 aromatic rings. The van der Waals surface area contributed by atoms with Crippen molar-refractivity contribution in [3.8, 4) is 0 Å². The number of nitrogens with one attached hydrogen (secondary N) is 1. The monoisotopic (exact) mass is 404 g/mol. The van der Waals surface area contributed by atoms with Crippen molar-refractivity contribution in [2.75, 3.05) is 0 Å². The number of fused-ring (bicyclic) bond motifs is 1. The van der Waals surface area contributed by atoms with Crippen molar-refractivity contribution in [3.63, 3.8) is 0 Å². The molecule has 1 heterocycles. The van der Waals surface area contributed by atoms with E-state index in [1.165, 1.54) is 11.8 Å². The van der Waals surface area contributed by atoms with Crippen LogP contribution in [0.15, 0.2) is 94.9 Å². The lowest BCUT2D eigenvalue weighted by Gasteiger charge is -2.11. The number of rotatable bonds is 5. The molecule has 0 aliphatic rings. The highest BCUT2D eigenvalue weighted by molar-refractivity contribution is 7.99. The van der Waals surface area contributed by atoms with Gasteiger partial charge in [-0.2, -0.15) is 0 Å². The first kappa shape index (κ1) is 18.5. The van der Waals surface area contributed by atoms with Crippen molar-refractivity contribution < 1.29 is 4.79 Å². The minimum atomic E-state index is -0.122. The zero-order valence-electron chi connectivity index (χ0n) is 14.9. The van der Waals surface area contributed by atoms with Crippen molar-refractivity contribution in [2.24, 2.45) is 0 Å². The Morgan fingerprint density at radius 3 is 2.46 bits per heavy atom. The zero-order chi connectivity index (χ0) is 19.3. The molecule has 0 saturated carbocycles. The topological polar surface area (TPSA) is 42.0 Å². The Morgan fingerprint density at radius 1 is 0.929 bits per heavy atom. The maximum atomic E-state index is 12.9. The molecule has 0 saturated heterocycles. The van der Waals surface area contributed by atoms with Gasteiger partial charge < -0.3 is 5.32 Å². The predicted octanol–water partition coefficient (Wildman–Crippen LogP) is 5.97. The number of aromatic nitrogens is 1. The van der Waals surface area contributed by atoms with Crippen LogP contribution in [0.5, 0.6) is 0 Å². The third kappa shape index (κ3) is 4.19. The highest BCUT2D eigenvalue weighted by Gasteiger charge is 2.14. The maximum absolute atomic E-state index is 12.9. The second-order valence-electron chi connectivity index (χ2n) is 6.23. The molecule has 1 amide bonds. The smallest absolute Gasteiger partial charge is 0.252 e. The summed E-state index contributed by atoms with van der Waals surface area (Å²) in [7, 11) is 0. The fraction of sp³-hybridized carbons (Fsp3) is 0.0435. The van der Waals surface area contributed by atoms with Gasteiger partial charge in [0.25, 0.3) is 5.91 Å². The van der Waals surface area contributed by atoms with Gasteiger partial charge in [-0.1, -0.05) is 84.0 Å². The largest absolute Gasteiger partial charge is 0.348 e. The minimum absolute atomic E-state index is 0.122. The first-order valence-corrected chi connectivity index (χ1v) is 10.0. The third-order valence-electron chi connectivity index (χ3n) is 4.28. The van der Waals surface area contributed by atoms with Crippen molar-refractivity contribution in [1.29, 1.82) is 0 Å². The maximum Gasteiger partial charge on any atom is 0.252 e. The van der Waals surface area contributed by atoms with E-state index in [2.05, 4.69) is 5.32 Å². The van der Waals surface area contributed by atoms with E-state index in [0.29, 0.717) is 17.1 Å². The van der Waals surface area contributed by atoms with Gasteiger partial charge in [-0.25, -0.2) is 4.98 Å². The number of pyridine rings is 1. The standard InChI is InChI=1S/C23H17ClN2OS/c24-19-11-5-7-13-21(19)28-22-14-18(17-10-4-6-12-20(17)26-22)23(27)25-15-16-8-2-1-3-9-16/h1-14H,15H2,(H,25,27). The lowest BCUT2D eigenvalue weighted by atomic mass is 10.1. The van der Waals surface area contributed by atoms with Crippen LogP contribution in [0.25, 0.3) is 10.9 Å². The first-order valence-electron chi connectivity index (χ1n) is 8.85. The van der Waals surface area contributed by atoms with Gasteiger partial charge in [-0.15, -0.1) is 0 Å².